The number of thiocarbonyl (C=S) groups is 1. The summed E-state index contributed by atoms with van der Waals surface area (Å²) in [5.41, 5.74) is 4.15. The lowest BCUT2D eigenvalue weighted by molar-refractivity contribution is 0.578. The van der Waals surface area contributed by atoms with Crippen LogP contribution >= 0.6 is 39.7 Å². The van der Waals surface area contributed by atoms with Gasteiger partial charge in [0.2, 0.25) is 0 Å². The third-order valence-electron chi connectivity index (χ3n) is 3.53. The lowest BCUT2D eigenvalue weighted by Crippen LogP contribution is -2.43. The molecule has 0 aliphatic rings. The average molecular weight is 477 g/mol. The number of hydrazine groups is 1. The lowest BCUT2D eigenvalue weighted by Gasteiger charge is -2.13. The van der Waals surface area contributed by atoms with Crippen molar-refractivity contribution in [2.75, 3.05) is 5.32 Å². The average Bonchev–Trinajstić information content (AvgIpc) is 2.61. The van der Waals surface area contributed by atoms with Gasteiger partial charge in [0, 0.05) is 4.47 Å². The van der Waals surface area contributed by atoms with E-state index in [9.17, 15) is 8.42 Å². The standard InChI is InChI=1S/C17H19BrClN3O2S2/c1-2-3-4-12-5-8-14(9-6-12)26(23,24)22-21-17(25)20-16-10-7-13(18)11-15(16)19/h5-11,22H,2-4H2,1H3,(H2,20,21,25). The highest BCUT2D eigenvalue weighted by Gasteiger charge is 2.14. The van der Waals surface area contributed by atoms with E-state index < -0.39 is 10.0 Å². The number of anilines is 1. The van der Waals surface area contributed by atoms with E-state index in [0.717, 1.165) is 29.3 Å². The maximum atomic E-state index is 12.3. The van der Waals surface area contributed by atoms with Crippen LogP contribution in [0.4, 0.5) is 5.69 Å². The van der Waals surface area contributed by atoms with Crippen molar-refractivity contribution in [3.05, 3.63) is 57.5 Å². The molecule has 9 heteroatoms. The van der Waals surface area contributed by atoms with E-state index in [1.54, 1.807) is 30.3 Å². The lowest BCUT2D eigenvalue weighted by atomic mass is 10.1. The molecule has 0 aromatic heterocycles. The Morgan fingerprint density at radius 3 is 2.50 bits per heavy atom. The van der Waals surface area contributed by atoms with Gasteiger partial charge in [-0.3, -0.25) is 5.43 Å². The van der Waals surface area contributed by atoms with Crippen molar-refractivity contribution in [2.45, 2.75) is 31.1 Å². The summed E-state index contributed by atoms with van der Waals surface area (Å²) in [7, 11) is -3.73. The second-order valence-corrected chi connectivity index (χ2v) is 8.97. The number of hydrogen-bond acceptors (Lipinski definition) is 3. The van der Waals surface area contributed by atoms with Crippen LogP contribution in [0.3, 0.4) is 0 Å². The van der Waals surface area contributed by atoms with Gasteiger partial charge in [0.15, 0.2) is 5.11 Å². The van der Waals surface area contributed by atoms with Crippen molar-refractivity contribution in [1.82, 2.24) is 10.3 Å². The van der Waals surface area contributed by atoms with Gasteiger partial charge in [-0.05, 0) is 61.0 Å². The zero-order valence-electron chi connectivity index (χ0n) is 14.1. The van der Waals surface area contributed by atoms with Crippen LogP contribution in [0.15, 0.2) is 51.8 Å². The number of rotatable bonds is 7. The molecular formula is C17H19BrClN3O2S2. The maximum absolute atomic E-state index is 12.3. The van der Waals surface area contributed by atoms with Crippen LogP contribution in [0, 0.1) is 0 Å². The van der Waals surface area contributed by atoms with Crippen LogP contribution in [0.5, 0.6) is 0 Å². The third-order valence-corrected chi connectivity index (χ3v) is 5.80. The molecule has 2 aromatic rings. The molecule has 0 radical (unpaired) electrons. The molecule has 2 rings (SSSR count). The highest BCUT2D eigenvalue weighted by atomic mass is 79.9. The Morgan fingerprint density at radius 1 is 1.19 bits per heavy atom. The summed E-state index contributed by atoms with van der Waals surface area (Å²) in [6, 6.07) is 12.0. The highest BCUT2D eigenvalue weighted by molar-refractivity contribution is 9.10. The van der Waals surface area contributed by atoms with Crippen LogP contribution < -0.4 is 15.6 Å². The maximum Gasteiger partial charge on any atom is 0.257 e. The van der Waals surface area contributed by atoms with Crippen LogP contribution in [-0.4, -0.2) is 13.5 Å². The van der Waals surface area contributed by atoms with E-state index in [1.807, 2.05) is 12.1 Å². The normalized spacial score (nSPS) is 11.2. The van der Waals surface area contributed by atoms with Gasteiger partial charge < -0.3 is 5.32 Å². The molecule has 0 unspecified atom stereocenters. The molecule has 2 aromatic carbocycles. The van der Waals surface area contributed by atoms with E-state index in [4.69, 9.17) is 23.8 Å². The Morgan fingerprint density at radius 2 is 1.88 bits per heavy atom. The Labute approximate surface area is 172 Å². The van der Waals surface area contributed by atoms with Gasteiger partial charge in [-0.15, -0.1) is 4.83 Å². The molecule has 0 saturated heterocycles. The molecule has 0 amide bonds. The van der Waals surface area contributed by atoms with Crippen molar-refractivity contribution in [3.63, 3.8) is 0 Å². The van der Waals surface area contributed by atoms with Gasteiger partial charge in [0.25, 0.3) is 10.0 Å². The van der Waals surface area contributed by atoms with Crippen molar-refractivity contribution in [3.8, 4) is 0 Å². The van der Waals surface area contributed by atoms with Crippen molar-refractivity contribution in [1.29, 1.82) is 0 Å². The van der Waals surface area contributed by atoms with Gasteiger partial charge in [-0.1, -0.05) is 53.0 Å². The highest BCUT2D eigenvalue weighted by Crippen LogP contribution is 2.25. The van der Waals surface area contributed by atoms with Gasteiger partial charge in [-0.2, -0.15) is 0 Å². The molecule has 0 heterocycles. The molecule has 3 N–H and O–H groups in total. The zero-order valence-corrected chi connectivity index (χ0v) is 18.0. The molecule has 0 aliphatic carbocycles. The molecule has 0 spiro atoms. The first-order valence-corrected chi connectivity index (χ1v) is 11.0. The van der Waals surface area contributed by atoms with Gasteiger partial charge >= 0.3 is 0 Å². The second kappa shape index (κ2) is 9.66. The number of aryl methyl sites for hydroxylation is 1. The predicted octanol–water partition coefficient (Wildman–Crippen LogP) is 4.63. The molecule has 26 heavy (non-hydrogen) atoms. The summed E-state index contributed by atoms with van der Waals surface area (Å²) in [5, 5.41) is 3.37. The summed E-state index contributed by atoms with van der Waals surface area (Å²) in [6.07, 6.45) is 3.10. The zero-order chi connectivity index (χ0) is 19.2. The summed E-state index contributed by atoms with van der Waals surface area (Å²) >= 11 is 14.5. The van der Waals surface area contributed by atoms with E-state index in [1.165, 1.54) is 0 Å². The van der Waals surface area contributed by atoms with Crippen LogP contribution in [0.25, 0.3) is 0 Å². The fourth-order valence-electron chi connectivity index (χ4n) is 2.13. The minimum atomic E-state index is -3.73. The SMILES string of the molecule is CCCCc1ccc(S(=O)(=O)NNC(=S)Nc2ccc(Br)cc2Cl)cc1. The number of halogens is 2. The predicted molar refractivity (Wildman–Crippen MR) is 114 cm³/mol. The molecule has 0 atom stereocenters. The summed E-state index contributed by atoms with van der Waals surface area (Å²) in [5.74, 6) is 0. The Balaban J connectivity index is 1.95. The van der Waals surface area contributed by atoms with Crippen molar-refractivity contribution >= 4 is 60.6 Å². The fraction of sp³-hybridized carbons (Fsp3) is 0.235. The summed E-state index contributed by atoms with van der Waals surface area (Å²) < 4.78 is 25.5. The quantitative estimate of drug-likeness (QED) is 0.402. The van der Waals surface area contributed by atoms with E-state index in [0.29, 0.717) is 10.7 Å². The Bertz CT molecular complexity index is 874. The molecule has 140 valence electrons. The number of sulfonamides is 1. The first-order chi connectivity index (χ1) is 12.3. The van der Waals surface area contributed by atoms with Gasteiger partial charge in [-0.25, -0.2) is 8.42 Å². The smallest absolute Gasteiger partial charge is 0.257 e. The Kier molecular flexibility index (Phi) is 7.85. The van der Waals surface area contributed by atoms with E-state index in [-0.39, 0.29) is 10.0 Å². The molecule has 0 saturated carbocycles. The number of hydrogen-bond donors (Lipinski definition) is 3. The van der Waals surface area contributed by atoms with E-state index >= 15 is 0 Å². The molecule has 0 aliphatic heterocycles. The minimum Gasteiger partial charge on any atom is -0.330 e. The third kappa shape index (κ3) is 6.21. The molecule has 5 nitrogen and oxygen atoms in total. The van der Waals surface area contributed by atoms with E-state index in [2.05, 4.69) is 38.4 Å². The number of benzene rings is 2. The topological polar surface area (TPSA) is 70.2 Å². The first kappa shape index (κ1) is 21.1. The fourth-order valence-corrected chi connectivity index (χ4v) is 3.93. The largest absolute Gasteiger partial charge is 0.330 e. The molecule has 0 bridgehead atoms. The van der Waals surface area contributed by atoms with Gasteiger partial charge in [0.05, 0.1) is 15.6 Å². The number of unbranched alkanes of at least 4 members (excludes halogenated alkanes) is 1. The molecular weight excluding hydrogens is 458 g/mol. The second-order valence-electron chi connectivity index (χ2n) is 5.56. The number of nitrogens with one attached hydrogen (secondary N) is 3. The molecule has 0 fully saturated rings. The summed E-state index contributed by atoms with van der Waals surface area (Å²) in [6.45, 7) is 2.12. The first-order valence-electron chi connectivity index (χ1n) is 7.94. The Hall–Kier alpha value is -1.19. The minimum absolute atomic E-state index is 0.0809. The van der Waals surface area contributed by atoms with Crippen molar-refractivity contribution < 1.29 is 8.42 Å². The summed E-state index contributed by atoms with van der Waals surface area (Å²) in [4.78, 5) is 2.42. The van der Waals surface area contributed by atoms with Gasteiger partial charge in [0.1, 0.15) is 0 Å². The van der Waals surface area contributed by atoms with Crippen molar-refractivity contribution in [2.24, 2.45) is 0 Å². The van der Waals surface area contributed by atoms with Crippen LogP contribution in [0.1, 0.15) is 25.3 Å². The van der Waals surface area contributed by atoms with Crippen LogP contribution in [0.2, 0.25) is 5.02 Å². The van der Waals surface area contributed by atoms with Crippen LogP contribution in [-0.2, 0) is 16.4 Å². The monoisotopic (exact) mass is 475 g/mol.